The number of amides is 2. The van der Waals surface area contributed by atoms with Crippen LogP contribution in [0.5, 0.6) is 11.5 Å². The summed E-state index contributed by atoms with van der Waals surface area (Å²) in [6.07, 6.45) is 3.46. The van der Waals surface area contributed by atoms with Gasteiger partial charge in [-0.25, -0.2) is 0 Å². The van der Waals surface area contributed by atoms with Crippen LogP contribution >= 0.6 is 11.6 Å². The van der Waals surface area contributed by atoms with Gasteiger partial charge in [0.1, 0.15) is 11.5 Å². The minimum atomic E-state index is -0.363. The van der Waals surface area contributed by atoms with Crippen LogP contribution in [0.1, 0.15) is 36.3 Å². The third-order valence-electron chi connectivity index (χ3n) is 6.84. The van der Waals surface area contributed by atoms with Crippen LogP contribution in [0.3, 0.4) is 0 Å². The number of hydrogen-bond acceptors (Lipinski definition) is 7. The van der Waals surface area contributed by atoms with E-state index in [0.717, 1.165) is 44.1 Å². The van der Waals surface area contributed by atoms with Gasteiger partial charge >= 0.3 is 0 Å². The van der Waals surface area contributed by atoms with E-state index in [-0.39, 0.29) is 28.8 Å². The van der Waals surface area contributed by atoms with E-state index in [1.807, 2.05) is 43.0 Å². The topological polar surface area (TPSA) is 148 Å². The first kappa shape index (κ1) is 32.3. The van der Waals surface area contributed by atoms with E-state index in [1.165, 1.54) is 5.56 Å². The van der Waals surface area contributed by atoms with Crippen molar-refractivity contribution in [2.45, 2.75) is 32.1 Å². The molecule has 1 aliphatic rings. The highest BCUT2D eigenvalue weighted by atomic mass is 35.5. The zero-order chi connectivity index (χ0) is 30.8. The summed E-state index contributed by atoms with van der Waals surface area (Å²) in [6.45, 7) is 7.68. The molecule has 0 saturated carbocycles. The van der Waals surface area contributed by atoms with E-state index in [1.54, 1.807) is 31.4 Å². The van der Waals surface area contributed by atoms with Crippen molar-refractivity contribution in [2.75, 3.05) is 51.5 Å². The molecule has 1 heterocycles. The number of hydrogen-bond donors (Lipinski definition) is 4. The van der Waals surface area contributed by atoms with Crippen LogP contribution in [0, 0.1) is 6.92 Å². The molecule has 2 aromatic carbocycles. The van der Waals surface area contributed by atoms with Gasteiger partial charge in [0.2, 0.25) is 17.8 Å². The number of piperidine rings is 1. The molecule has 2 amide bonds. The predicted octanol–water partition coefficient (Wildman–Crippen LogP) is 3.92. The molecule has 1 saturated heterocycles. The number of likely N-dealkylation sites (tertiary alicyclic amines) is 1. The quantitative estimate of drug-likeness (QED) is 0.100. The van der Waals surface area contributed by atoms with Gasteiger partial charge < -0.3 is 41.4 Å². The first-order valence-corrected chi connectivity index (χ1v) is 14.0. The Hall–Kier alpha value is -4.22. The zero-order valence-electron chi connectivity index (χ0n) is 24.6. The number of halogens is 1. The van der Waals surface area contributed by atoms with Crippen LogP contribution < -0.4 is 31.6 Å². The number of carbonyl (C=O) groups is 2. The smallest absolute Gasteiger partial charge is 0.258 e. The number of methoxy groups -OCH3 is 1. The Morgan fingerprint density at radius 3 is 2.52 bits per heavy atom. The van der Waals surface area contributed by atoms with Crippen molar-refractivity contribution in [3.63, 3.8) is 0 Å². The largest absolute Gasteiger partial charge is 0.495 e. The summed E-state index contributed by atoms with van der Waals surface area (Å²) in [6, 6.07) is 10.6. The molecular formula is C30H40ClN7O4. The second kappa shape index (κ2) is 15.1. The Bertz CT molecular complexity index is 1350. The molecule has 0 aromatic heterocycles. The van der Waals surface area contributed by atoms with E-state index in [4.69, 9.17) is 32.5 Å². The number of carbonyl (C=O) groups excluding carboxylic acids is 2. The molecule has 12 heteroatoms. The molecule has 42 heavy (non-hydrogen) atoms. The summed E-state index contributed by atoms with van der Waals surface area (Å²) in [5.74, 6) is 0.908. The summed E-state index contributed by atoms with van der Waals surface area (Å²) in [4.78, 5) is 32.4. The van der Waals surface area contributed by atoms with E-state index in [2.05, 4.69) is 22.2 Å². The highest BCUT2D eigenvalue weighted by molar-refractivity contribution is 6.29. The monoisotopic (exact) mass is 597 g/mol. The van der Waals surface area contributed by atoms with Crippen molar-refractivity contribution in [1.29, 1.82) is 0 Å². The highest BCUT2D eigenvalue weighted by Gasteiger charge is 2.25. The molecular weight excluding hydrogens is 558 g/mol. The van der Waals surface area contributed by atoms with Gasteiger partial charge in [0.25, 0.3) is 5.88 Å². The molecule has 1 fully saturated rings. The molecule has 11 nitrogen and oxygen atoms in total. The first-order chi connectivity index (χ1) is 20.0. The average molecular weight is 598 g/mol. The number of aliphatic imine (C=N–C) groups is 1. The lowest BCUT2D eigenvalue weighted by Gasteiger charge is -2.33. The average Bonchev–Trinajstić information content (AvgIpc) is 2.95. The maximum atomic E-state index is 12.5. The van der Waals surface area contributed by atoms with Crippen LogP contribution in [0.15, 0.2) is 65.1 Å². The lowest BCUT2D eigenvalue weighted by molar-refractivity contribution is -0.132. The Morgan fingerprint density at radius 2 is 1.90 bits per heavy atom. The number of rotatable bonds is 11. The second-order valence-electron chi connectivity index (χ2n) is 10.2. The maximum Gasteiger partial charge on any atom is 0.258 e. The number of guanidine groups is 1. The minimum absolute atomic E-state index is 0.0280. The molecule has 226 valence electrons. The Balaban J connectivity index is 1.71. The van der Waals surface area contributed by atoms with Gasteiger partial charge in [-0.3, -0.25) is 9.59 Å². The van der Waals surface area contributed by atoms with Crippen LogP contribution in [0.4, 0.5) is 11.4 Å². The van der Waals surface area contributed by atoms with Crippen molar-refractivity contribution in [3.05, 3.63) is 71.2 Å². The van der Waals surface area contributed by atoms with Crippen LogP contribution in [-0.2, 0) is 9.59 Å². The molecule has 6 N–H and O–H groups in total. The lowest BCUT2D eigenvalue weighted by atomic mass is 9.86. The summed E-state index contributed by atoms with van der Waals surface area (Å²) >= 11 is 6.05. The fraction of sp³-hybridized carbons (Fsp3) is 0.367. The van der Waals surface area contributed by atoms with Crippen LogP contribution in [0.2, 0.25) is 0 Å². The number of nitrogens with two attached hydrogens (primary N) is 2. The standard InChI is InChI=1S/C30H40ClN7O4/c1-6-26(39)34-21-8-7-9-22(17-21)42-29(28(31)32)36-30(33)35-24-16-19(2)23(18-25(24)41-5)20-10-14-38(15-11-20)27(40)12-13-37(3)4/h6-9,16-18,20H,1,10-15,32H2,2-5H3,(H,34,39)(H3,33,35,36)/b29-28+. The number of nitrogens with zero attached hydrogens (tertiary/aromatic N) is 3. The molecule has 0 atom stereocenters. The lowest BCUT2D eigenvalue weighted by Crippen LogP contribution is -2.39. The Morgan fingerprint density at radius 1 is 1.19 bits per heavy atom. The van der Waals surface area contributed by atoms with Crippen molar-refractivity contribution in [3.8, 4) is 11.5 Å². The van der Waals surface area contributed by atoms with Gasteiger partial charge in [-0.05, 0) is 81.2 Å². The molecule has 0 aliphatic carbocycles. The molecule has 0 spiro atoms. The van der Waals surface area contributed by atoms with Gasteiger partial charge in [-0.1, -0.05) is 24.2 Å². The minimum Gasteiger partial charge on any atom is -0.495 e. The number of benzene rings is 2. The van der Waals surface area contributed by atoms with Crippen LogP contribution in [-0.4, -0.2) is 68.4 Å². The SMILES string of the molecule is C=CC(=O)Nc1cccc(OC(/N=C(\N)Nc2cc(C)c(C3CCN(C(=O)CCN(C)C)CC3)cc2OC)=C(/N)Cl)c1. The van der Waals surface area contributed by atoms with Gasteiger partial charge in [0, 0.05) is 37.8 Å². The molecule has 0 bridgehead atoms. The van der Waals surface area contributed by atoms with Crippen molar-refractivity contribution >= 4 is 40.7 Å². The number of ether oxygens (including phenoxy) is 2. The third kappa shape index (κ3) is 9.15. The van der Waals surface area contributed by atoms with Crippen LogP contribution in [0.25, 0.3) is 0 Å². The van der Waals surface area contributed by atoms with E-state index < -0.39 is 0 Å². The van der Waals surface area contributed by atoms with E-state index in [9.17, 15) is 9.59 Å². The maximum absolute atomic E-state index is 12.5. The Kier molecular flexibility index (Phi) is 11.6. The summed E-state index contributed by atoms with van der Waals surface area (Å²) in [5.41, 5.74) is 15.3. The highest BCUT2D eigenvalue weighted by Crippen LogP contribution is 2.36. The summed E-state index contributed by atoms with van der Waals surface area (Å²) < 4.78 is 11.4. The normalized spacial score (nSPS) is 14.7. The Labute approximate surface area is 252 Å². The van der Waals surface area contributed by atoms with E-state index >= 15 is 0 Å². The number of anilines is 2. The van der Waals surface area contributed by atoms with E-state index in [0.29, 0.717) is 35.2 Å². The number of nitrogens with one attached hydrogen (secondary N) is 2. The zero-order valence-corrected chi connectivity index (χ0v) is 25.3. The molecule has 3 rings (SSSR count). The van der Waals surface area contributed by atoms with Gasteiger partial charge in [0.05, 0.1) is 12.8 Å². The first-order valence-electron chi connectivity index (χ1n) is 13.6. The third-order valence-corrected chi connectivity index (χ3v) is 7.00. The number of aryl methyl sites for hydroxylation is 1. The summed E-state index contributed by atoms with van der Waals surface area (Å²) in [5, 5.41) is 5.47. The van der Waals surface area contributed by atoms with Crippen molar-refractivity contribution in [2.24, 2.45) is 16.5 Å². The molecule has 0 radical (unpaired) electrons. The second-order valence-corrected chi connectivity index (χ2v) is 10.6. The fourth-order valence-corrected chi connectivity index (χ4v) is 4.75. The fourth-order valence-electron chi connectivity index (χ4n) is 4.67. The molecule has 0 unspecified atom stereocenters. The predicted molar refractivity (Wildman–Crippen MR) is 168 cm³/mol. The molecule has 1 aliphatic heterocycles. The van der Waals surface area contributed by atoms with Crippen molar-refractivity contribution < 1.29 is 19.1 Å². The van der Waals surface area contributed by atoms with Gasteiger partial charge in [0.15, 0.2) is 5.16 Å². The van der Waals surface area contributed by atoms with Crippen molar-refractivity contribution in [1.82, 2.24) is 9.80 Å². The summed E-state index contributed by atoms with van der Waals surface area (Å²) in [7, 11) is 5.53. The van der Waals surface area contributed by atoms with Gasteiger partial charge in [-0.2, -0.15) is 4.99 Å². The van der Waals surface area contributed by atoms with Gasteiger partial charge in [-0.15, -0.1) is 0 Å². The molecule has 2 aromatic rings.